The van der Waals surface area contributed by atoms with Crippen molar-refractivity contribution in [1.82, 2.24) is 10.2 Å². The monoisotopic (exact) mass is 211 g/mol. The Morgan fingerprint density at radius 2 is 2.07 bits per heavy atom. The van der Waals surface area contributed by atoms with E-state index in [9.17, 15) is 0 Å². The molecule has 0 spiro atoms. The summed E-state index contributed by atoms with van der Waals surface area (Å²) >= 11 is 0. The van der Waals surface area contributed by atoms with Gasteiger partial charge in [0.05, 0.1) is 25.3 Å². The second-order valence-corrected chi connectivity index (χ2v) is 4.25. The summed E-state index contributed by atoms with van der Waals surface area (Å²) in [5, 5.41) is 12.2. The third kappa shape index (κ3) is 5.12. The van der Waals surface area contributed by atoms with Crippen LogP contribution in [0, 0.1) is 11.3 Å². The Morgan fingerprint density at radius 3 is 2.60 bits per heavy atom. The molecule has 4 nitrogen and oxygen atoms in total. The van der Waals surface area contributed by atoms with Crippen LogP contribution in [0.5, 0.6) is 0 Å². The van der Waals surface area contributed by atoms with Crippen molar-refractivity contribution in [2.45, 2.75) is 32.4 Å². The molecule has 0 radical (unpaired) electrons. The largest absolute Gasteiger partial charge is 0.379 e. The van der Waals surface area contributed by atoms with Crippen LogP contribution in [0.2, 0.25) is 0 Å². The maximum atomic E-state index is 8.95. The van der Waals surface area contributed by atoms with Crippen LogP contribution >= 0.6 is 0 Å². The van der Waals surface area contributed by atoms with Crippen LogP contribution in [0.4, 0.5) is 0 Å². The Kier molecular flexibility index (Phi) is 5.62. The van der Waals surface area contributed by atoms with Gasteiger partial charge in [0.15, 0.2) is 0 Å². The number of morpholine rings is 1. The average molecular weight is 211 g/mol. The normalized spacial score (nSPS) is 20.1. The van der Waals surface area contributed by atoms with Crippen LogP contribution in [-0.4, -0.2) is 49.8 Å². The van der Waals surface area contributed by atoms with Crippen LogP contribution in [0.3, 0.4) is 0 Å². The van der Waals surface area contributed by atoms with Crippen LogP contribution in [0.15, 0.2) is 0 Å². The van der Waals surface area contributed by atoms with E-state index >= 15 is 0 Å². The fourth-order valence-corrected chi connectivity index (χ4v) is 1.72. The first kappa shape index (κ1) is 12.4. The number of rotatable bonds is 5. The molecule has 15 heavy (non-hydrogen) atoms. The van der Waals surface area contributed by atoms with Gasteiger partial charge in [0.25, 0.3) is 0 Å². The molecule has 1 rings (SSSR count). The summed E-state index contributed by atoms with van der Waals surface area (Å²) in [7, 11) is 0. The van der Waals surface area contributed by atoms with E-state index < -0.39 is 0 Å². The van der Waals surface area contributed by atoms with Gasteiger partial charge in [0, 0.05) is 25.7 Å². The van der Waals surface area contributed by atoms with Crippen molar-refractivity contribution < 1.29 is 4.74 Å². The van der Waals surface area contributed by atoms with Gasteiger partial charge in [-0.2, -0.15) is 5.26 Å². The number of nitrogens with zero attached hydrogens (tertiary/aromatic N) is 2. The smallest absolute Gasteiger partial charge is 0.0967 e. The van der Waals surface area contributed by atoms with Crippen LogP contribution in [0.25, 0.3) is 0 Å². The highest BCUT2D eigenvalue weighted by Gasteiger charge is 2.13. The van der Waals surface area contributed by atoms with E-state index in [2.05, 4.69) is 30.1 Å². The van der Waals surface area contributed by atoms with Crippen molar-refractivity contribution >= 4 is 0 Å². The summed E-state index contributed by atoms with van der Waals surface area (Å²) in [6.07, 6.45) is 0.898. The molecule has 86 valence electrons. The molecule has 1 atom stereocenters. The number of nitriles is 1. The number of ether oxygens (including phenoxy) is 1. The number of hydrogen-bond acceptors (Lipinski definition) is 4. The molecule has 0 amide bonds. The molecule has 0 aromatic rings. The average Bonchev–Trinajstić information content (AvgIpc) is 2.25. The van der Waals surface area contributed by atoms with E-state index in [-0.39, 0.29) is 6.04 Å². The minimum atomic E-state index is -0.0205. The zero-order valence-electron chi connectivity index (χ0n) is 9.70. The highest BCUT2D eigenvalue weighted by Crippen LogP contribution is 2.01. The van der Waals surface area contributed by atoms with Gasteiger partial charge in [-0.1, -0.05) is 0 Å². The third-order valence-corrected chi connectivity index (χ3v) is 2.53. The summed E-state index contributed by atoms with van der Waals surface area (Å²) in [5.41, 5.74) is 0. The SMILES string of the molecule is CC(C)NC(C#N)CCN1CCOCC1. The van der Waals surface area contributed by atoms with E-state index in [4.69, 9.17) is 10.00 Å². The molecule has 0 aromatic carbocycles. The Morgan fingerprint density at radius 1 is 1.40 bits per heavy atom. The van der Waals surface area contributed by atoms with E-state index in [0.717, 1.165) is 39.3 Å². The second kappa shape index (κ2) is 6.78. The molecule has 1 unspecified atom stereocenters. The highest BCUT2D eigenvalue weighted by molar-refractivity contribution is 4.91. The van der Waals surface area contributed by atoms with Gasteiger partial charge in [0.1, 0.15) is 0 Å². The van der Waals surface area contributed by atoms with Crippen molar-refractivity contribution in [3.63, 3.8) is 0 Å². The van der Waals surface area contributed by atoms with Crippen LogP contribution < -0.4 is 5.32 Å². The van der Waals surface area contributed by atoms with Gasteiger partial charge in [0.2, 0.25) is 0 Å². The van der Waals surface area contributed by atoms with Crippen LogP contribution in [-0.2, 0) is 4.74 Å². The number of nitrogens with one attached hydrogen (secondary N) is 1. The lowest BCUT2D eigenvalue weighted by atomic mass is 10.2. The lowest BCUT2D eigenvalue weighted by molar-refractivity contribution is 0.0367. The quantitative estimate of drug-likeness (QED) is 0.723. The van der Waals surface area contributed by atoms with Gasteiger partial charge in [-0.25, -0.2) is 0 Å². The second-order valence-electron chi connectivity index (χ2n) is 4.25. The first-order valence-corrected chi connectivity index (χ1v) is 5.68. The predicted octanol–water partition coefficient (Wildman–Crippen LogP) is 0.599. The molecule has 0 saturated carbocycles. The molecule has 0 bridgehead atoms. The van der Waals surface area contributed by atoms with Gasteiger partial charge >= 0.3 is 0 Å². The maximum Gasteiger partial charge on any atom is 0.0967 e. The molecule has 1 aliphatic rings. The Balaban J connectivity index is 2.18. The maximum absolute atomic E-state index is 8.95. The molecule has 1 heterocycles. The van der Waals surface area contributed by atoms with Crippen LogP contribution in [0.1, 0.15) is 20.3 Å². The molecule has 0 aliphatic carbocycles. The minimum absolute atomic E-state index is 0.0205. The summed E-state index contributed by atoms with van der Waals surface area (Å²) in [6.45, 7) is 8.78. The first-order valence-electron chi connectivity index (χ1n) is 5.68. The minimum Gasteiger partial charge on any atom is -0.379 e. The van der Waals surface area contributed by atoms with Crippen molar-refractivity contribution in [1.29, 1.82) is 5.26 Å². The molecule has 1 fully saturated rings. The molecule has 1 saturated heterocycles. The summed E-state index contributed by atoms with van der Waals surface area (Å²) < 4.78 is 5.28. The van der Waals surface area contributed by atoms with E-state index in [1.54, 1.807) is 0 Å². The molecule has 1 aliphatic heterocycles. The topological polar surface area (TPSA) is 48.3 Å². The zero-order chi connectivity index (χ0) is 11.1. The van der Waals surface area contributed by atoms with E-state index in [0.29, 0.717) is 6.04 Å². The van der Waals surface area contributed by atoms with Gasteiger partial charge in [-0.3, -0.25) is 10.2 Å². The fraction of sp³-hybridized carbons (Fsp3) is 0.909. The summed E-state index contributed by atoms with van der Waals surface area (Å²) in [5.74, 6) is 0. The van der Waals surface area contributed by atoms with Gasteiger partial charge in [-0.15, -0.1) is 0 Å². The highest BCUT2D eigenvalue weighted by atomic mass is 16.5. The van der Waals surface area contributed by atoms with Crippen molar-refractivity contribution in [2.24, 2.45) is 0 Å². The summed E-state index contributed by atoms with van der Waals surface area (Å²) in [6, 6.07) is 2.66. The Bertz CT molecular complexity index is 206. The third-order valence-electron chi connectivity index (χ3n) is 2.53. The standard InChI is InChI=1S/C11H21N3O/c1-10(2)13-11(9-12)3-4-14-5-7-15-8-6-14/h10-11,13H,3-8H2,1-2H3. The molecular formula is C11H21N3O. The van der Waals surface area contributed by atoms with Gasteiger partial charge < -0.3 is 4.74 Å². The van der Waals surface area contributed by atoms with E-state index in [1.165, 1.54) is 0 Å². The zero-order valence-corrected chi connectivity index (χ0v) is 9.70. The summed E-state index contributed by atoms with van der Waals surface area (Å²) in [4.78, 5) is 2.36. The molecule has 0 aromatic heterocycles. The fourth-order valence-electron chi connectivity index (χ4n) is 1.72. The van der Waals surface area contributed by atoms with Crippen molar-refractivity contribution in [3.8, 4) is 6.07 Å². The van der Waals surface area contributed by atoms with Gasteiger partial charge in [-0.05, 0) is 20.3 Å². The predicted molar refractivity (Wildman–Crippen MR) is 59.5 cm³/mol. The first-order chi connectivity index (χ1) is 7.22. The lowest BCUT2D eigenvalue weighted by Gasteiger charge is -2.27. The van der Waals surface area contributed by atoms with Crippen molar-refractivity contribution in [3.05, 3.63) is 0 Å². The number of hydrogen-bond donors (Lipinski definition) is 1. The molecule has 4 heteroatoms. The Hall–Kier alpha value is -0.630. The lowest BCUT2D eigenvalue weighted by Crippen LogP contribution is -2.41. The van der Waals surface area contributed by atoms with Crippen molar-refractivity contribution in [2.75, 3.05) is 32.8 Å². The Labute approximate surface area is 92.2 Å². The molecule has 1 N–H and O–H groups in total. The van der Waals surface area contributed by atoms with E-state index in [1.807, 2.05) is 0 Å². The molecular weight excluding hydrogens is 190 g/mol.